The van der Waals surface area contributed by atoms with E-state index in [2.05, 4.69) is 45.7 Å². The van der Waals surface area contributed by atoms with E-state index < -0.39 is 0 Å². The number of nitrogens with one attached hydrogen (secondary N) is 1. The molecule has 0 spiro atoms. The number of rotatable bonds is 6. The van der Waals surface area contributed by atoms with Crippen molar-refractivity contribution in [2.75, 3.05) is 33.3 Å². The lowest BCUT2D eigenvalue weighted by molar-refractivity contribution is 0.0942. The Balaban J connectivity index is 1.37. The van der Waals surface area contributed by atoms with Gasteiger partial charge in [0, 0.05) is 38.2 Å². The van der Waals surface area contributed by atoms with Gasteiger partial charge in [0.05, 0.1) is 7.11 Å². The topological polar surface area (TPSA) is 59.4 Å². The van der Waals surface area contributed by atoms with Crippen LogP contribution in [0.2, 0.25) is 0 Å². The molecule has 1 aromatic carbocycles. The van der Waals surface area contributed by atoms with Crippen molar-refractivity contribution < 1.29 is 9.53 Å². The molecule has 1 aromatic heterocycles. The van der Waals surface area contributed by atoms with Crippen LogP contribution in [-0.4, -0.2) is 53.6 Å². The SMILES string of the molecule is COc1c(C)cc([C@@H]2CCc3nc(C(=O)NCCN4CCCCC4)cn3C2)cc1C. The highest BCUT2D eigenvalue weighted by Crippen LogP contribution is 2.33. The number of methoxy groups -OCH3 is 1. The summed E-state index contributed by atoms with van der Waals surface area (Å²) in [6, 6.07) is 4.49. The monoisotopic (exact) mass is 410 g/mol. The molecule has 0 bridgehead atoms. The second-order valence-electron chi connectivity index (χ2n) is 8.78. The maximum atomic E-state index is 12.6. The van der Waals surface area contributed by atoms with E-state index in [9.17, 15) is 4.79 Å². The highest BCUT2D eigenvalue weighted by Gasteiger charge is 2.24. The van der Waals surface area contributed by atoms with Gasteiger partial charge in [-0.15, -0.1) is 0 Å². The van der Waals surface area contributed by atoms with Crippen LogP contribution < -0.4 is 10.1 Å². The van der Waals surface area contributed by atoms with Crippen LogP contribution in [0.4, 0.5) is 0 Å². The molecule has 1 N–H and O–H groups in total. The average Bonchev–Trinajstić information content (AvgIpc) is 3.18. The van der Waals surface area contributed by atoms with Gasteiger partial charge >= 0.3 is 0 Å². The van der Waals surface area contributed by atoms with Crippen LogP contribution in [0.25, 0.3) is 0 Å². The molecule has 0 unspecified atom stereocenters. The zero-order valence-electron chi connectivity index (χ0n) is 18.5. The second kappa shape index (κ2) is 9.21. The number of carbonyl (C=O) groups excluding carboxylic acids is 1. The molecule has 0 aliphatic carbocycles. The van der Waals surface area contributed by atoms with Crippen LogP contribution in [-0.2, 0) is 13.0 Å². The minimum Gasteiger partial charge on any atom is -0.496 e. The number of benzene rings is 1. The van der Waals surface area contributed by atoms with E-state index in [0.717, 1.165) is 50.6 Å². The van der Waals surface area contributed by atoms with Crippen LogP contribution in [0.3, 0.4) is 0 Å². The second-order valence-corrected chi connectivity index (χ2v) is 8.78. The number of piperidine rings is 1. The van der Waals surface area contributed by atoms with Gasteiger partial charge in [-0.3, -0.25) is 4.79 Å². The third-order valence-corrected chi connectivity index (χ3v) is 6.55. The molecule has 6 heteroatoms. The lowest BCUT2D eigenvalue weighted by atomic mass is 9.89. The van der Waals surface area contributed by atoms with Crippen LogP contribution in [0.1, 0.15) is 64.6 Å². The van der Waals surface area contributed by atoms with Crippen LogP contribution in [0, 0.1) is 13.8 Å². The smallest absolute Gasteiger partial charge is 0.271 e. The fourth-order valence-electron chi connectivity index (χ4n) is 4.97. The number of nitrogens with zero attached hydrogens (tertiary/aromatic N) is 3. The lowest BCUT2D eigenvalue weighted by Crippen LogP contribution is -2.37. The number of hydrogen-bond donors (Lipinski definition) is 1. The van der Waals surface area contributed by atoms with Crippen molar-refractivity contribution in [2.24, 2.45) is 0 Å². The van der Waals surface area contributed by atoms with Crippen molar-refractivity contribution in [1.82, 2.24) is 19.8 Å². The highest BCUT2D eigenvalue weighted by molar-refractivity contribution is 5.92. The minimum atomic E-state index is -0.0541. The van der Waals surface area contributed by atoms with E-state index >= 15 is 0 Å². The summed E-state index contributed by atoms with van der Waals surface area (Å²) in [6.45, 7) is 9.00. The van der Waals surface area contributed by atoms with Gasteiger partial charge in [-0.1, -0.05) is 18.6 Å². The molecule has 2 aromatic rings. The Bertz CT molecular complexity index is 876. The fraction of sp³-hybridized carbons (Fsp3) is 0.583. The molecule has 0 saturated carbocycles. The molecule has 1 atom stereocenters. The minimum absolute atomic E-state index is 0.0541. The summed E-state index contributed by atoms with van der Waals surface area (Å²) in [4.78, 5) is 19.7. The molecule has 30 heavy (non-hydrogen) atoms. The molecule has 1 amide bonds. The van der Waals surface area contributed by atoms with Crippen LogP contribution in [0.5, 0.6) is 5.75 Å². The van der Waals surface area contributed by atoms with Gasteiger partial charge in [-0.25, -0.2) is 4.98 Å². The van der Waals surface area contributed by atoms with Gasteiger partial charge in [-0.05, 0) is 62.9 Å². The Labute approximate surface area is 179 Å². The number of aryl methyl sites for hydroxylation is 3. The molecular weight excluding hydrogens is 376 g/mol. The first-order valence-corrected chi connectivity index (χ1v) is 11.3. The van der Waals surface area contributed by atoms with Crippen LogP contribution in [0.15, 0.2) is 18.3 Å². The predicted octanol–water partition coefficient (Wildman–Crippen LogP) is 3.45. The number of amides is 1. The zero-order chi connectivity index (χ0) is 21.1. The molecule has 1 saturated heterocycles. The summed E-state index contributed by atoms with van der Waals surface area (Å²) in [5.74, 6) is 2.38. The van der Waals surface area contributed by atoms with Crippen molar-refractivity contribution in [3.05, 3.63) is 46.5 Å². The van der Waals surface area contributed by atoms with Gasteiger partial charge in [0.1, 0.15) is 17.3 Å². The molecule has 2 aliphatic rings. The van der Waals surface area contributed by atoms with E-state index in [1.54, 1.807) is 7.11 Å². The molecule has 2 aliphatic heterocycles. The van der Waals surface area contributed by atoms with Crippen LogP contribution >= 0.6 is 0 Å². The number of aromatic nitrogens is 2. The van der Waals surface area contributed by atoms with Crippen molar-refractivity contribution in [1.29, 1.82) is 0 Å². The molecule has 1 fully saturated rings. The third-order valence-electron chi connectivity index (χ3n) is 6.55. The van der Waals surface area contributed by atoms with Crippen molar-refractivity contribution in [2.45, 2.75) is 58.4 Å². The maximum absolute atomic E-state index is 12.6. The molecular formula is C24H34N4O2. The summed E-state index contributed by atoms with van der Waals surface area (Å²) in [6.07, 6.45) is 7.76. The van der Waals surface area contributed by atoms with E-state index in [1.807, 2.05) is 6.20 Å². The van der Waals surface area contributed by atoms with Gasteiger partial charge in [0.25, 0.3) is 5.91 Å². The van der Waals surface area contributed by atoms with E-state index in [4.69, 9.17) is 4.74 Å². The van der Waals surface area contributed by atoms with Crippen molar-refractivity contribution in [3.8, 4) is 5.75 Å². The number of likely N-dealkylation sites (tertiary alicyclic amines) is 1. The van der Waals surface area contributed by atoms with Gasteiger partial charge in [0.2, 0.25) is 0 Å². The molecule has 162 valence electrons. The Morgan fingerprint density at radius 1 is 1.20 bits per heavy atom. The molecule has 4 rings (SSSR count). The number of ether oxygens (including phenoxy) is 1. The first-order chi connectivity index (χ1) is 14.5. The first kappa shape index (κ1) is 20.9. The molecule has 0 radical (unpaired) electrons. The Hall–Kier alpha value is -2.34. The predicted molar refractivity (Wildman–Crippen MR) is 118 cm³/mol. The van der Waals surface area contributed by atoms with Crippen molar-refractivity contribution >= 4 is 5.91 Å². The van der Waals surface area contributed by atoms with E-state index in [-0.39, 0.29) is 5.91 Å². The number of hydrogen-bond acceptors (Lipinski definition) is 4. The number of fused-ring (bicyclic) bond motifs is 1. The molecule has 6 nitrogen and oxygen atoms in total. The van der Waals surface area contributed by atoms with Gasteiger partial charge in [0.15, 0.2) is 0 Å². The third kappa shape index (κ3) is 4.53. The summed E-state index contributed by atoms with van der Waals surface area (Å²) >= 11 is 0. The Morgan fingerprint density at radius 3 is 2.63 bits per heavy atom. The van der Waals surface area contributed by atoms with Gasteiger partial charge in [-0.2, -0.15) is 0 Å². The first-order valence-electron chi connectivity index (χ1n) is 11.3. The average molecular weight is 411 g/mol. The normalized spacial score (nSPS) is 19.4. The maximum Gasteiger partial charge on any atom is 0.271 e. The number of imidazole rings is 1. The van der Waals surface area contributed by atoms with E-state index in [1.165, 1.54) is 36.0 Å². The summed E-state index contributed by atoms with van der Waals surface area (Å²) in [5.41, 5.74) is 4.25. The highest BCUT2D eigenvalue weighted by atomic mass is 16.5. The Morgan fingerprint density at radius 2 is 1.93 bits per heavy atom. The summed E-state index contributed by atoms with van der Waals surface area (Å²) in [7, 11) is 1.73. The molecule has 3 heterocycles. The van der Waals surface area contributed by atoms with E-state index in [0.29, 0.717) is 18.2 Å². The number of carbonyl (C=O) groups is 1. The standard InChI is InChI=1S/C24H34N4O2/c1-17-13-20(14-18(2)23(17)30-3)19-7-8-22-26-21(16-28(22)15-19)24(29)25-9-12-27-10-5-4-6-11-27/h13-14,16,19H,4-12,15H2,1-3H3,(H,25,29)/t19-/m1/s1. The van der Waals surface area contributed by atoms with Crippen molar-refractivity contribution in [3.63, 3.8) is 0 Å². The fourth-order valence-corrected chi connectivity index (χ4v) is 4.97. The Kier molecular flexibility index (Phi) is 6.42. The largest absolute Gasteiger partial charge is 0.496 e. The summed E-state index contributed by atoms with van der Waals surface area (Å²) < 4.78 is 7.68. The lowest BCUT2D eigenvalue weighted by Gasteiger charge is -2.26. The summed E-state index contributed by atoms with van der Waals surface area (Å²) in [5, 5.41) is 3.06. The van der Waals surface area contributed by atoms with Gasteiger partial charge < -0.3 is 19.5 Å². The quantitative estimate of drug-likeness (QED) is 0.792. The zero-order valence-corrected chi connectivity index (χ0v) is 18.5.